The Morgan fingerprint density at radius 3 is 2.71 bits per heavy atom. The molecular formula is C15H20N2O3S. The quantitative estimate of drug-likeness (QED) is 0.814. The highest BCUT2D eigenvalue weighted by Gasteiger charge is 2.30. The first-order valence-corrected chi connectivity index (χ1v) is 7.31. The normalized spacial score (nSPS) is 21.9. The highest BCUT2D eigenvalue weighted by molar-refractivity contribution is 7.80. The van der Waals surface area contributed by atoms with Crippen LogP contribution in [0.4, 0.5) is 0 Å². The van der Waals surface area contributed by atoms with Crippen molar-refractivity contribution in [3.05, 3.63) is 29.8 Å². The minimum atomic E-state index is -0.799. The second-order valence-corrected chi connectivity index (χ2v) is 6.03. The van der Waals surface area contributed by atoms with E-state index in [1.165, 1.54) is 0 Å². The van der Waals surface area contributed by atoms with E-state index in [-0.39, 0.29) is 12.5 Å². The van der Waals surface area contributed by atoms with E-state index >= 15 is 0 Å². The molecule has 1 aliphatic rings. The molecular weight excluding hydrogens is 288 g/mol. The first-order chi connectivity index (χ1) is 9.87. The average Bonchev–Trinajstić information content (AvgIpc) is 2.44. The molecule has 1 fully saturated rings. The molecule has 1 aromatic carbocycles. The molecule has 0 bridgehead atoms. The lowest BCUT2D eigenvalue weighted by Gasteiger charge is -2.36. The van der Waals surface area contributed by atoms with Gasteiger partial charge in [0, 0.05) is 18.7 Å². The summed E-state index contributed by atoms with van der Waals surface area (Å²) in [5.41, 5.74) is 5.48. The van der Waals surface area contributed by atoms with E-state index in [2.05, 4.69) is 0 Å². The van der Waals surface area contributed by atoms with E-state index in [4.69, 9.17) is 22.7 Å². The Labute approximate surface area is 129 Å². The van der Waals surface area contributed by atoms with Crippen molar-refractivity contribution in [3.63, 3.8) is 0 Å². The fraction of sp³-hybridized carbons (Fsp3) is 0.467. The topological polar surface area (TPSA) is 75.8 Å². The number of amides is 1. The monoisotopic (exact) mass is 308 g/mol. The number of hydrogen-bond acceptors (Lipinski definition) is 4. The Kier molecular flexibility index (Phi) is 4.80. The maximum atomic E-state index is 12.1. The predicted molar refractivity (Wildman–Crippen MR) is 84.3 cm³/mol. The number of rotatable bonds is 4. The van der Waals surface area contributed by atoms with E-state index in [1.54, 1.807) is 36.1 Å². The van der Waals surface area contributed by atoms with Crippen LogP contribution < -0.4 is 10.5 Å². The molecule has 6 heteroatoms. The first-order valence-electron chi connectivity index (χ1n) is 6.90. The third kappa shape index (κ3) is 4.41. The summed E-state index contributed by atoms with van der Waals surface area (Å²) in [6, 6.07) is 6.98. The Morgan fingerprint density at radius 1 is 1.48 bits per heavy atom. The van der Waals surface area contributed by atoms with Crippen LogP contribution in [0.3, 0.4) is 0 Å². The van der Waals surface area contributed by atoms with Gasteiger partial charge in [0.1, 0.15) is 10.7 Å². The lowest BCUT2D eigenvalue weighted by molar-refractivity contribution is -0.139. The highest BCUT2D eigenvalue weighted by atomic mass is 32.1. The SMILES string of the molecule is CC1(O)CCCN(C(=O)COc2ccc(C(N)=S)cc2)C1. The zero-order valence-corrected chi connectivity index (χ0v) is 12.9. The fourth-order valence-electron chi connectivity index (χ4n) is 2.38. The summed E-state index contributed by atoms with van der Waals surface area (Å²) in [5.74, 6) is 0.473. The third-order valence-electron chi connectivity index (χ3n) is 3.53. The maximum Gasteiger partial charge on any atom is 0.260 e. The summed E-state index contributed by atoms with van der Waals surface area (Å²) in [6.07, 6.45) is 1.53. The number of piperidine rings is 1. The van der Waals surface area contributed by atoms with E-state index in [0.29, 0.717) is 23.8 Å². The smallest absolute Gasteiger partial charge is 0.260 e. The summed E-state index contributed by atoms with van der Waals surface area (Å²) >= 11 is 4.87. The van der Waals surface area contributed by atoms with Crippen LogP contribution in [-0.4, -0.2) is 46.2 Å². The predicted octanol–water partition coefficient (Wildman–Crippen LogP) is 1.07. The number of aliphatic hydroxyl groups is 1. The molecule has 5 nitrogen and oxygen atoms in total. The van der Waals surface area contributed by atoms with Gasteiger partial charge in [-0.2, -0.15) is 0 Å². The standard InChI is InChI=1S/C15H20N2O3S/c1-15(19)7-2-8-17(10-15)13(18)9-20-12-5-3-11(4-6-12)14(16)21/h3-6,19H,2,7-10H2,1H3,(H2,16,21). The van der Waals surface area contributed by atoms with Crippen LogP contribution in [0.2, 0.25) is 0 Å². The Hall–Kier alpha value is -1.66. The van der Waals surface area contributed by atoms with Gasteiger partial charge in [-0.3, -0.25) is 4.79 Å². The zero-order valence-electron chi connectivity index (χ0n) is 12.0. The van der Waals surface area contributed by atoms with Gasteiger partial charge in [-0.1, -0.05) is 12.2 Å². The Morgan fingerprint density at radius 2 is 2.14 bits per heavy atom. The average molecular weight is 308 g/mol. The van der Waals surface area contributed by atoms with Crippen molar-refractivity contribution in [2.24, 2.45) is 5.73 Å². The summed E-state index contributed by atoms with van der Waals surface area (Å²) in [6.45, 7) is 2.73. The van der Waals surface area contributed by atoms with Gasteiger partial charge in [-0.25, -0.2) is 0 Å². The molecule has 3 N–H and O–H groups in total. The third-order valence-corrected chi connectivity index (χ3v) is 3.76. The highest BCUT2D eigenvalue weighted by Crippen LogP contribution is 2.20. The van der Waals surface area contributed by atoms with Crippen LogP contribution in [0.5, 0.6) is 5.75 Å². The minimum absolute atomic E-state index is 0.0392. The van der Waals surface area contributed by atoms with E-state index < -0.39 is 5.60 Å². The Bertz CT molecular complexity index is 528. The van der Waals surface area contributed by atoms with Crippen LogP contribution in [0.15, 0.2) is 24.3 Å². The van der Waals surface area contributed by atoms with Crippen molar-refractivity contribution in [2.75, 3.05) is 19.7 Å². The van der Waals surface area contributed by atoms with Crippen LogP contribution in [-0.2, 0) is 4.79 Å². The molecule has 1 heterocycles. The number of β-amino-alcohol motifs (C(OH)–C–C–N with tert-alkyl or cyclic N) is 1. The van der Waals surface area contributed by atoms with Gasteiger partial charge in [-0.05, 0) is 44.0 Å². The molecule has 0 radical (unpaired) electrons. The molecule has 1 amide bonds. The van der Waals surface area contributed by atoms with Crippen molar-refractivity contribution in [1.29, 1.82) is 0 Å². The molecule has 0 aliphatic carbocycles. The van der Waals surface area contributed by atoms with Crippen LogP contribution in [0.25, 0.3) is 0 Å². The van der Waals surface area contributed by atoms with E-state index in [0.717, 1.165) is 18.4 Å². The molecule has 0 saturated carbocycles. The van der Waals surface area contributed by atoms with Crippen molar-refractivity contribution in [3.8, 4) is 5.75 Å². The van der Waals surface area contributed by atoms with E-state index in [9.17, 15) is 9.90 Å². The molecule has 1 aromatic rings. The number of hydrogen-bond donors (Lipinski definition) is 2. The van der Waals surface area contributed by atoms with Crippen molar-refractivity contribution >= 4 is 23.1 Å². The van der Waals surface area contributed by atoms with Gasteiger partial charge in [0.05, 0.1) is 5.60 Å². The van der Waals surface area contributed by atoms with Crippen molar-refractivity contribution in [1.82, 2.24) is 4.90 Å². The minimum Gasteiger partial charge on any atom is -0.484 e. The molecule has 1 atom stereocenters. The number of nitrogens with two attached hydrogens (primary N) is 1. The van der Waals surface area contributed by atoms with Crippen molar-refractivity contribution < 1.29 is 14.6 Å². The number of thiocarbonyl (C=S) groups is 1. The number of ether oxygens (including phenoxy) is 1. The molecule has 2 rings (SSSR count). The van der Waals surface area contributed by atoms with Gasteiger partial charge < -0.3 is 20.5 Å². The lowest BCUT2D eigenvalue weighted by atomic mass is 9.95. The fourth-order valence-corrected chi connectivity index (χ4v) is 2.52. The first kappa shape index (κ1) is 15.7. The lowest BCUT2D eigenvalue weighted by Crippen LogP contribution is -2.49. The number of carbonyl (C=O) groups excluding carboxylic acids is 1. The van der Waals surface area contributed by atoms with Gasteiger partial charge in [-0.15, -0.1) is 0 Å². The van der Waals surface area contributed by atoms with Gasteiger partial charge in [0.25, 0.3) is 5.91 Å². The second kappa shape index (κ2) is 6.41. The summed E-state index contributed by atoms with van der Waals surface area (Å²) in [5, 5.41) is 10.0. The van der Waals surface area contributed by atoms with Gasteiger partial charge >= 0.3 is 0 Å². The molecule has 1 aliphatic heterocycles. The van der Waals surface area contributed by atoms with Crippen LogP contribution in [0, 0.1) is 0 Å². The van der Waals surface area contributed by atoms with Gasteiger partial charge in [0.2, 0.25) is 0 Å². The number of nitrogens with zero attached hydrogens (tertiary/aromatic N) is 1. The van der Waals surface area contributed by atoms with Crippen LogP contribution in [0.1, 0.15) is 25.3 Å². The van der Waals surface area contributed by atoms with Crippen molar-refractivity contribution in [2.45, 2.75) is 25.4 Å². The summed E-state index contributed by atoms with van der Waals surface area (Å²) in [4.78, 5) is 14.1. The second-order valence-electron chi connectivity index (χ2n) is 5.59. The van der Waals surface area contributed by atoms with Gasteiger partial charge in [0.15, 0.2) is 6.61 Å². The molecule has 21 heavy (non-hydrogen) atoms. The number of carbonyl (C=O) groups is 1. The number of benzene rings is 1. The molecule has 0 aromatic heterocycles. The molecule has 1 unspecified atom stereocenters. The summed E-state index contributed by atoms with van der Waals surface area (Å²) < 4.78 is 5.47. The van der Waals surface area contributed by atoms with Crippen LogP contribution >= 0.6 is 12.2 Å². The molecule has 0 spiro atoms. The molecule has 1 saturated heterocycles. The Balaban J connectivity index is 1.87. The maximum absolute atomic E-state index is 12.1. The molecule has 114 valence electrons. The van der Waals surface area contributed by atoms with E-state index in [1.807, 2.05) is 0 Å². The summed E-state index contributed by atoms with van der Waals surface area (Å²) in [7, 11) is 0. The largest absolute Gasteiger partial charge is 0.484 e. The zero-order chi connectivity index (χ0) is 15.5. The number of likely N-dealkylation sites (tertiary alicyclic amines) is 1.